The van der Waals surface area contributed by atoms with Gasteiger partial charge in [-0.05, 0) is 50.8 Å². The lowest BCUT2D eigenvalue weighted by Crippen LogP contribution is -2.50. The summed E-state index contributed by atoms with van der Waals surface area (Å²) in [4.78, 5) is 6.80. The molecule has 0 bridgehead atoms. The predicted octanol–water partition coefficient (Wildman–Crippen LogP) is 3.02. The summed E-state index contributed by atoms with van der Waals surface area (Å²) in [6, 6.07) is 7.86. The number of hydrogen-bond acceptors (Lipinski definition) is 2. The summed E-state index contributed by atoms with van der Waals surface area (Å²) in [5, 5.41) is 6.82. The molecule has 24 heavy (non-hydrogen) atoms. The first kappa shape index (κ1) is 21.2. The third-order valence-electron chi connectivity index (χ3n) is 4.42. The summed E-state index contributed by atoms with van der Waals surface area (Å²) < 4.78 is 13.2. The summed E-state index contributed by atoms with van der Waals surface area (Å²) in [5.74, 6) is 0.659. The number of halogens is 2. The van der Waals surface area contributed by atoms with Crippen LogP contribution in [0.4, 0.5) is 4.39 Å². The van der Waals surface area contributed by atoms with Crippen LogP contribution in [0.5, 0.6) is 0 Å². The summed E-state index contributed by atoms with van der Waals surface area (Å²) in [6.07, 6.45) is 3.07. The average Bonchev–Trinajstić information content (AvgIpc) is 2.54. The van der Waals surface area contributed by atoms with Gasteiger partial charge in [0.15, 0.2) is 5.96 Å². The second-order valence-corrected chi connectivity index (χ2v) is 6.43. The lowest BCUT2D eigenvalue weighted by atomic mass is 10.0. The summed E-state index contributed by atoms with van der Waals surface area (Å²) >= 11 is 0. The Balaban J connectivity index is 0.00000288. The number of nitrogens with zero attached hydrogens (tertiary/aromatic N) is 2. The van der Waals surface area contributed by atoms with E-state index in [2.05, 4.69) is 34.4 Å². The number of benzene rings is 1. The normalized spacial score (nSPS) is 16.8. The molecule has 1 aliphatic rings. The van der Waals surface area contributed by atoms with Gasteiger partial charge in [-0.1, -0.05) is 12.1 Å². The van der Waals surface area contributed by atoms with Crippen LogP contribution in [0.2, 0.25) is 0 Å². The minimum atomic E-state index is -0.179. The minimum Gasteiger partial charge on any atom is -0.356 e. The highest BCUT2D eigenvalue weighted by molar-refractivity contribution is 14.0. The molecule has 0 atom stereocenters. The van der Waals surface area contributed by atoms with Crippen molar-refractivity contribution in [3.8, 4) is 0 Å². The zero-order valence-electron chi connectivity index (χ0n) is 14.9. The Hall–Kier alpha value is -0.890. The van der Waals surface area contributed by atoms with Gasteiger partial charge in [0.1, 0.15) is 5.82 Å². The molecule has 0 saturated carbocycles. The Labute approximate surface area is 162 Å². The van der Waals surface area contributed by atoms with Crippen LogP contribution in [0.25, 0.3) is 0 Å². The van der Waals surface area contributed by atoms with E-state index in [1.54, 1.807) is 19.2 Å². The van der Waals surface area contributed by atoms with Crippen molar-refractivity contribution in [3.63, 3.8) is 0 Å². The number of aliphatic imine (C=N–C) groups is 1. The quantitative estimate of drug-likeness (QED) is 0.414. The average molecular weight is 448 g/mol. The Morgan fingerprint density at radius 1 is 1.33 bits per heavy atom. The lowest BCUT2D eigenvalue weighted by molar-refractivity contribution is 0.167. The number of piperidine rings is 1. The smallest absolute Gasteiger partial charge is 0.191 e. The topological polar surface area (TPSA) is 39.7 Å². The van der Waals surface area contributed by atoms with Crippen molar-refractivity contribution >= 4 is 29.9 Å². The molecule has 1 aromatic carbocycles. The van der Waals surface area contributed by atoms with Crippen LogP contribution in [0.3, 0.4) is 0 Å². The van der Waals surface area contributed by atoms with E-state index in [4.69, 9.17) is 0 Å². The Bertz CT molecular complexity index is 513. The fourth-order valence-electron chi connectivity index (χ4n) is 2.97. The molecule has 136 valence electrons. The van der Waals surface area contributed by atoms with Crippen LogP contribution in [-0.4, -0.2) is 49.6 Å². The maximum atomic E-state index is 13.2. The molecule has 1 saturated heterocycles. The minimum absolute atomic E-state index is 0. The fourth-order valence-corrected chi connectivity index (χ4v) is 2.97. The molecule has 2 N–H and O–H groups in total. The molecule has 0 aliphatic carbocycles. The largest absolute Gasteiger partial charge is 0.356 e. The van der Waals surface area contributed by atoms with Crippen molar-refractivity contribution in [2.45, 2.75) is 45.2 Å². The molecule has 2 rings (SSSR count). The maximum Gasteiger partial charge on any atom is 0.191 e. The molecular formula is C18H30FIN4. The van der Waals surface area contributed by atoms with Gasteiger partial charge in [0.05, 0.1) is 0 Å². The van der Waals surface area contributed by atoms with E-state index in [0.29, 0.717) is 12.1 Å². The fraction of sp³-hybridized carbons (Fsp3) is 0.611. The number of nitrogens with one attached hydrogen (secondary N) is 2. The van der Waals surface area contributed by atoms with Crippen LogP contribution in [0, 0.1) is 5.82 Å². The first-order chi connectivity index (χ1) is 11.1. The summed E-state index contributed by atoms with van der Waals surface area (Å²) in [7, 11) is 1.79. The van der Waals surface area contributed by atoms with Gasteiger partial charge < -0.3 is 15.5 Å². The Morgan fingerprint density at radius 3 is 2.62 bits per heavy atom. The molecule has 0 radical (unpaired) electrons. The summed E-state index contributed by atoms with van der Waals surface area (Å²) in [5.41, 5.74) is 0.998. The van der Waals surface area contributed by atoms with Gasteiger partial charge >= 0.3 is 0 Å². The van der Waals surface area contributed by atoms with Gasteiger partial charge in [0.25, 0.3) is 0 Å². The first-order valence-corrected chi connectivity index (χ1v) is 8.54. The highest BCUT2D eigenvalue weighted by Crippen LogP contribution is 2.12. The van der Waals surface area contributed by atoms with Gasteiger partial charge in [-0.2, -0.15) is 0 Å². The van der Waals surface area contributed by atoms with E-state index in [1.165, 1.54) is 6.07 Å². The molecular weight excluding hydrogens is 418 g/mol. The monoisotopic (exact) mass is 448 g/mol. The lowest BCUT2D eigenvalue weighted by Gasteiger charge is -2.35. The zero-order chi connectivity index (χ0) is 16.7. The molecule has 1 heterocycles. The van der Waals surface area contributed by atoms with E-state index in [-0.39, 0.29) is 29.8 Å². The second-order valence-electron chi connectivity index (χ2n) is 6.43. The molecule has 1 fully saturated rings. The molecule has 6 heteroatoms. The highest BCUT2D eigenvalue weighted by atomic mass is 127. The third-order valence-corrected chi connectivity index (χ3v) is 4.42. The van der Waals surface area contributed by atoms with E-state index in [1.807, 2.05) is 6.07 Å². The van der Waals surface area contributed by atoms with Gasteiger partial charge in [-0.3, -0.25) is 4.99 Å². The molecule has 0 spiro atoms. The van der Waals surface area contributed by atoms with Crippen molar-refractivity contribution < 1.29 is 4.39 Å². The molecule has 0 aromatic heterocycles. The zero-order valence-corrected chi connectivity index (χ0v) is 17.2. The Kier molecular flexibility index (Phi) is 9.58. The van der Waals surface area contributed by atoms with Crippen molar-refractivity contribution in [1.82, 2.24) is 15.5 Å². The summed E-state index contributed by atoms with van der Waals surface area (Å²) in [6.45, 7) is 7.51. The van der Waals surface area contributed by atoms with Gasteiger partial charge in [0.2, 0.25) is 0 Å². The first-order valence-electron chi connectivity index (χ1n) is 8.54. The van der Waals surface area contributed by atoms with Crippen molar-refractivity contribution in [2.75, 3.05) is 26.7 Å². The number of rotatable bonds is 5. The van der Waals surface area contributed by atoms with Crippen molar-refractivity contribution in [2.24, 2.45) is 4.99 Å². The SMILES string of the molecule is CN=C(NCCc1cccc(F)c1)NC1CCN(C(C)C)CC1.I. The second kappa shape index (κ2) is 10.9. The number of guanidine groups is 1. The van der Waals surface area contributed by atoms with E-state index in [9.17, 15) is 4.39 Å². The molecule has 0 amide bonds. The number of hydrogen-bond donors (Lipinski definition) is 2. The highest BCUT2D eigenvalue weighted by Gasteiger charge is 2.21. The maximum absolute atomic E-state index is 13.2. The molecule has 4 nitrogen and oxygen atoms in total. The molecule has 0 unspecified atom stereocenters. The predicted molar refractivity (Wildman–Crippen MR) is 110 cm³/mol. The van der Waals surface area contributed by atoms with Crippen LogP contribution in [0.15, 0.2) is 29.3 Å². The Morgan fingerprint density at radius 2 is 2.04 bits per heavy atom. The van der Waals surface area contributed by atoms with E-state index >= 15 is 0 Å². The van der Waals surface area contributed by atoms with Crippen LogP contribution in [0.1, 0.15) is 32.3 Å². The van der Waals surface area contributed by atoms with E-state index < -0.39 is 0 Å². The molecule has 1 aromatic rings. The molecule has 1 aliphatic heterocycles. The van der Waals surface area contributed by atoms with E-state index in [0.717, 1.165) is 50.4 Å². The van der Waals surface area contributed by atoms with Crippen LogP contribution in [-0.2, 0) is 6.42 Å². The van der Waals surface area contributed by atoms with Gasteiger partial charge in [-0.15, -0.1) is 24.0 Å². The van der Waals surface area contributed by atoms with Gasteiger partial charge in [-0.25, -0.2) is 4.39 Å². The van der Waals surface area contributed by atoms with Crippen molar-refractivity contribution in [1.29, 1.82) is 0 Å². The number of likely N-dealkylation sites (tertiary alicyclic amines) is 1. The van der Waals surface area contributed by atoms with Crippen molar-refractivity contribution in [3.05, 3.63) is 35.6 Å². The van der Waals surface area contributed by atoms with Crippen LogP contribution < -0.4 is 10.6 Å². The standard InChI is InChI=1S/C18H29FN4.HI/c1-14(2)23-11-8-17(9-12-23)22-18(20-3)21-10-7-15-5-4-6-16(19)13-15;/h4-6,13-14,17H,7-12H2,1-3H3,(H2,20,21,22);1H. The van der Waals surface area contributed by atoms with Crippen LogP contribution >= 0.6 is 24.0 Å². The third kappa shape index (κ3) is 6.93. The van der Waals surface area contributed by atoms with Gasteiger partial charge in [0, 0.05) is 38.8 Å².